The van der Waals surface area contributed by atoms with E-state index in [4.69, 9.17) is 4.74 Å². The van der Waals surface area contributed by atoms with Gasteiger partial charge < -0.3 is 15.4 Å². The number of ether oxygens (including phenoxy) is 1. The third-order valence-corrected chi connectivity index (χ3v) is 3.54. The molecule has 0 unspecified atom stereocenters. The minimum Gasteiger partial charge on any atom is -0.371 e. The summed E-state index contributed by atoms with van der Waals surface area (Å²) in [5.41, 5.74) is 0.0463. The number of nitrogens with one attached hydrogen (secondary N) is 2. The first-order valence-electron chi connectivity index (χ1n) is 6.25. The van der Waals surface area contributed by atoms with Crippen LogP contribution in [0.2, 0.25) is 0 Å². The van der Waals surface area contributed by atoms with E-state index in [9.17, 15) is 0 Å². The number of anilines is 1. The minimum atomic E-state index is 0.0463. The first-order valence-corrected chi connectivity index (χ1v) is 6.25. The second-order valence-corrected chi connectivity index (χ2v) is 4.89. The Kier molecular flexibility index (Phi) is 2.94. The van der Waals surface area contributed by atoms with Gasteiger partial charge in [-0.2, -0.15) is 0 Å². The molecule has 1 spiro atoms. The summed E-state index contributed by atoms with van der Waals surface area (Å²) in [6, 6.07) is 2.15. The zero-order chi connectivity index (χ0) is 11.6. The van der Waals surface area contributed by atoms with Gasteiger partial charge in [0, 0.05) is 25.4 Å². The molecule has 3 rings (SSSR count). The van der Waals surface area contributed by atoms with Gasteiger partial charge in [0.05, 0.1) is 18.2 Å². The number of rotatable bonds is 2. The summed E-state index contributed by atoms with van der Waals surface area (Å²) in [7, 11) is 0. The van der Waals surface area contributed by atoms with Crippen molar-refractivity contribution in [1.29, 1.82) is 0 Å². The molecule has 92 valence electrons. The predicted molar refractivity (Wildman–Crippen MR) is 64.8 cm³/mol. The Morgan fingerprint density at radius 2 is 2.29 bits per heavy atom. The highest BCUT2D eigenvalue weighted by Gasteiger charge is 2.41. The molecule has 1 aromatic rings. The van der Waals surface area contributed by atoms with Gasteiger partial charge in [-0.1, -0.05) is 0 Å². The van der Waals surface area contributed by atoms with E-state index >= 15 is 0 Å². The van der Waals surface area contributed by atoms with Crippen LogP contribution in [-0.2, 0) is 4.74 Å². The van der Waals surface area contributed by atoms with Gasteiger partial charge in [-0.3, -0.25) is 0 Å². The Balaban J connectivity index is 1.60. The number of piperidine rings is 1. The molecule has 2 aliphatic heterocycles. The third kappa shape index (κ3) is 2.40. The smallest absolute Gasteiger partial charge is 0.222 e. The molecule has 0 radical (unpaired) electrons. The molecule has 2 atom stereocenters. The highest BCUT2D eigenvalue weighted by atomic mass is 16.5. The molecule has 0 saturated carbocycles. The van der Waals surface area contributed by atoms with Crippen LogP contribution in [0.25, 0.3) is 0 Å². The average molecular weight is 234 g/mol. The first-order chi connectivity index (χ1) is 8.36. The zero-order valence-corrected chi connectivity index (χ0v) is 9.85. The lowest BCUT2D eigenvalue weighted by Crippen LogP contribution is -2.45. The van der Waals surface area contributed by atoms with Gasteiger partial charge in [-0.05, 0) is 25.5 Å². The van der Waals surface area contributed by atoms with Gasteiger partial charge >= 0.3 is 0 Å². The monoisotopic (exact) mass is 234 g/mol. The van der Waals surface area contributed by atoms with Crippen molar-refractivity contribution >= 4 is 5.95 Å². The van der Waals surface area contributed by atoms with Crippen molar-refractivity contribution in [1.82, 2.24) is 15.3 Å². The van der Waals surface area contributed by atoms with Gasteiger partial charge in [0.15, 0.2) is 0 Å². The van der Waals surface area contributed by atoms with Crippen molar-refractivity contribution < 1.29 is 4.74 Å². The van der Waals surface area contributed by atoms with E-state index in [-0.39, 0.29) is 5.60 Å². The topological polar surface area (TPSA) is 59.1 Å². The van der Waals surface area contributed by atoms with Gasteiger partial charge in [-0.25, -0.2) is 9.97 Å². The minimum absolute atomic E-state index is 0.0463. The van der Waals surface area contributed by atoms with E-state index in [1.165, 1.54) is 6.42 Å². The fourth-order valence-electron chi connectivity index (χ4n) is 2.73. The summed E-state index contributed by atoms with van der Waals surface area (Å²) < 4.78 is 5.99. The van der Waals surface area contributed by atoms with Gasteiger partial charge in [0.25, 0.3) is 0 Å². The molecule has 2 fully saturated rings. The molecule has 5 heteroatoms. The maximum absolute atomic E-state index is 5.99. The maximum atomic E-state index is 5.99. The molecule has 0 amide bonds. The number of hydrogen-bond acceptors (Lipinski definition) is 5. The largest absolute Gasteiger partial charge is 0.371 e. The van der Waals surface area contributed by atoms with Crippen LogP contribution in [0.15, 0.2) is 18.5 Å². The van der Waals surface area contributed by atoms with Crippen LogP contribution in [0, 0.1) is 0 Å². The molecule has 2 saturated heterocycles. The molecule has 0 bridgehead atoms. The lowest BCUT2D eigenvalue weighted by Gasteiger charge is -2.32. The van der Waals surface area contributed by atoms with Crippen LogP contribution in [0.4, 0.5) is 5.95 Å². The molecular formula is C12H18N4O. The van der Waals surface area contributed by atoms with Gasteiger partial charge in [0.2, 0.25) is 5.95 Å². The Hall–Kier alpha value is -1.20. The normalized spacial score (nSPS) is 32.8. The summed E-state index contributed by atoms with van der Waals surface area (Å²) in [6.07, 6.45) is 6.91. The molecular weight excluding hydrogens is 216 g/mol. The summed E-state index contributed by atoms with van der Waals surface area (Å²) in [5.74, 6) is 0.696. The van der Waals surface area contributed by atoms with E-state index in [0.29, 0.717) is 12.0 Å². The van der Waals surface area contributed by atoms with E-state index in [0.717, 1.165) is 32.5 Å². The summed E-state index contributed by atoms with van der Waals surface area (Å²) in [4.78, 5) is 8.36. The van der Waals surface area contributed by atoms with Crippen LogP contribution in [0.5, 0.6) is 0 Å². The molecule has 3 heterocycles. The molecule has 5 nitrogen and oxygen atoms in total. The van der Waals surface area contributed by atoms with Crippen molar-refractivity contribution in [2.75, 3.05) is 25.0 Å². The molecule has 0 aromatic carbocycles. The Morgan fingerprint density at radius 1 is 1.41 bits per heavy atom. The second kappa shape index (κ2) is 4.58. The zero-order valence-electron chi connectivity index (χ0n) is 9.85. The van der Waals surface area contributed by atoms with E-state index in [1.807, 2.05) is 6.07 Å². The van der Waals surface area contributed by atoms with Crippen LogP contribution in [-0.4, -0.2) is 41.3 Å². The van der Waals surface area contributed by atoms with Crippen LogP contribution >= 0.6 is 0 Å². The Bertz CT molecular complexity index is 364. The second-order valence-electron chi connectivity index (χ2n) is 4.89. The number of hydrogen-bond donors (Lipinski definition) is 2. The van der Waals surface area contributed by atoms with E-state index in [2.05, 4.69) is 20.6 Å². The van der Waals surface area contributed by atoms with Crippen molar-refractivity contribution in [3.05, 3.63) is 18.5 Å². The van der Waals surface area contributed by atoms with Crippen molar-refractivity contribution in [2.24, 2.45) is 0 Å². The first kappa shape index (κ1) is 10.9. The summed E-state index contributed by atoms with van der Waals surface area (Å²) in [6.45, 7) is 2.84. The Morgan fingerprint density at radius 3 is 3.06 bits per heavy atom. The lowest BCUT2D eigenvalue weighted by atomic mass is 9.90. The van der Waals surface area contributed by atoms with E-state index in [1.54, 1.807) is 12.4 Å². The average Bonchev–Trinajstić information content (AvgIpc) is 2.74. The fourth-order valence-corrected chi connectivity index (χ4v) is 2.73. The number of nitrogens with zero attached hydrogens (tertiary/aromatic N) is 2. The third-order valence-electron chi connectivity index (χ3n) is 3.54. The van der Waals surface area contributed by atoms with Crippen molar-refractivity contribution in [3.8, 4) is 0 Å². The van der Waals surface area contributed by atoms with Crippen LogP contribution in [0.3, 0.4) is 0 Å². The van der Waals surface area contributed by atoms with Crippen molar-refractivity contribution in [3.63, 3.8) is 0 Å². The summed E-state index contributed by atoms with van der Waals surface area (Å²) >= 11 is 0. The maximum Gasteiger partial charge on any atom is 0.222 e. The molecule has 1 aromatic heterocycles. The van der Waals surface area contributed by atoms with Crippen LogP contribution in [0.1, 0.15) is 19.3 Å². The lowest BCUT2D eigenvalue weighted by molar-refractivity contribution is -0.0138. The molecule has 2 N–H and O–H groups in total. The van der Waals surface area contributed by atoms with E-state index < -0.39 is 0 Å². The SMILES string of the molecule is c1cnc(N[C@H]2CO[C@@]3(CCCNC3)C2)nc1. The van der Waals surface area contributed by atoms with Gasteiger partial charge in [0.1, 0.15) is 0 Å². The van der Waals surface area contributed by atoms with Crippen molar-refractivity contribution in [2.45, 2.75) is 30.9 Å². The molecule has 17 heavy (non-hydrogen) atoms. The van der Waals surface area contributed by atoms with Gasteiger partial charge in [-0.15, -0.1) is 0 Å². The predicted octanol–water partition coefficient (Wildman–Crippen LogP) is 0.800. The highest BCUT2D eigenvalue weighted by Crippen LogP contribution is 2.32. The summed E-state index contributed by atoms with van der Waals surface area (Å²) in [5, 5.41) is 6.76. The highest BCUT2D eigenvalue weighted by molar-refractivity contribution is 5.25. The standard InChI is InChI=1S/C12H18N4O/c1-3-12(9-13-4-1)7-10(8-17-12)16-11-14-5-2-6-15-11/h2,5-6,10,13H,1,3-4,7-9H2,(H,14,15,16)/t10-,12+/m1/s1. The van der Waals surface area contributed by atoms with Crippen LogP contribution < -0.4 is 10.6 Å². The Labute approximate surface area is 101 Å². The molecule has 0 aliphatic carbocycles. The fraction of sp³-hybridized carbons (Fsp3) is 0.667. The quantitative estimate of drug-likeness (QED) is 0.792. The number of aromatic nitrogens is 2. The molecule has 2 aliphatic rings.